The number of hydrogen-bond donors (Lipinski definition) is 0. The predicted molar refractivity (Wildman–Crippen MR) is 79.3 cm³/mol. The van der Waals surface area contributed by atoms with Crippen molar-refractivity contribution in [2.45, 2.75) is 0 Å². The molecular formula is C16H10FNO5. The van der Waals surface area contributed by atoms with Gasteiger partial charge in [0.1, 0.15) is 17.1 Å². The highest BCUT2D eigenvalue weighted by Crippen LogP contribution is 2.28. The SMILES string of the molecule is COc1ccc(F)cc1C(=O)c1cc2cc([N+](=O)[O-])ccc2o1. The summed E-state index contributed by atoms with van der Waals surface area (Å²) in [6, 6.07) is 8.95. The lowest BCUT2D eigenvalue weighted by atomic mass is 10.1. The molecule has 23 heavy (non-hydrogen) atoms. The molecule has 1 aromatic heterocycles. The molecule has 0 aliphatic rings. The Morgan fingerprint density at radius 3 is 2.70 bits per heavy atom. The summed E-state index contributed by atoms with van der Waals surface area (Å²) in [5.41, 5.74) is 0.232. The minimum Gasteiger partial charge on any atom is -0.496 e. The Hall–Kier alpha value is -3.22. The van der Waals surface area contributed by atoms with Gasteiger partial charge in [0.05, 0.1) is 17.6 Å². The molecule has 0 aliphatic carbocycles. The molecule has 0 spiro atoms. The lowest BCUT2D eigenvalue weighted by Gasteiger charge is -2.05. The Morgan fingerprint density at radius 1 is 1.22 bits per heavy atom. The van der Waals surface area contributed by atoms with E-state index in [1.54, 1.807) is 0 Å². The van der Waals surface area contributed by atoms with E-state index in [0.717, 1.165) is 6.07 Å². The minimum absolute atomic E-state index is 0.0149. The average Bonchev–Trinajstić information content (AvgIpc) is 2.97. The summed E-state index contributed by atoms with van der Waals surface area (Å²) in [6.07, 6.45) is 0. The van der Waals surface area contributed by atoms with Gasteiger partial charge in [-0.1, -0.05) is 0 Å². The van der Waals surface area contributed by atoms with E-state index in [4.69, 9.17) is 9.15 Å². The van der Waals surface area contributed by atoms with Crippen molar-refractivity contribution in [3.63, 3.8) is 0 Å². The maximum absolute atomic E-state index is 13.4. The van der Waals surface area contributed by atoms with Gasteiger partial charge in [0.15, 0.2) is 5.76 Å². The molecule has 0 bridgehead atoms. The molecule has 0 radical (unpaired) electrons. The number of ketones is 1. The number of rotatable bonds is 4. The molecule has 0 fully saturated rings. The van der Waals surface area contributed by atoms with Crippen LogP contribution >= 0.6 is 0 Å². The topological polar surface area (TPSA) is 82.6 Å². The summed E-state index contributed by atoms with van der Waals surface area (Å²) in [7, 11) is 1.37. The molecule has 0 saturated carbocycles. The lowest BCUT2D eigenvalue weighted by Crippen LogP contribution is -2.03. The molecule has 1 heterocycles. The molecule has 0 amide bonds. The Kier molecular flexibility index (Phi) is 3.53. The van der Waals surface area contributed by atoms with E-state index < -0.39 is 16.5 Å². The minimum atomic E-state index is -0.583. The molecule has 6 nitrogen and oxygen atoms in total. The van der Waals surface area contributed by atoms with Gasteiger partial charge >= 0.3 is 0 Å². The molecule has 0 aliphatic heterocycles. The number of nitro benzene ring substituents is 1. The fraction of sp³-hybridized carbons (Fsp3) is 0.0625. The van der Waals surface area contributed by atoms with Crippen LogP contribution in [-0.4, -0.2) is 17.8 Å². The van der Waals surface area contributed by atoms with Gasteiger partial charge in [-0.05, 0) is 30.3 Å². The van der Waals surface area contributed by atoms with Crippen molar-refractivity contribution < 1.29 is 23.3 Å². The average molecular weight is 315 g/mol. The van der Waals surface area contributed by atoms with Crippen molar-refractivity contribution in [2.75, 3.05) is 7.11 Å². The molecule has 0 atom stereocenters. The number of nitro groups is 1. The number of hydrogen-bond acceptors (Lipinski definition) is 5. The molecule has 7 heteroatoms. The zero-order valence-electron chi connectivity index (χ0n) is 11.9. The normalized spacial score (nSPS) is 10.7. The van der Waals surface area contributed by atoms with Gasteiger partial charge < -0.3 is 9.15 Å². The summed E-state index contributed by atoms with van der Waals surface area (Å²) >= 11 is 0. The van der Waals surface area contributed by atoms with Gasteiger partial charge in [0.25, 0.3) is 5.69 Å². The monoisotopic (exact) mass is 315 g/mol. The zero-order valence-corrected chi connectivity index (χ0v) is 11.9. The Labute approximate surface area is 129 Å². The number of carbonyl (C=O) groups excluding carboxylic acids is 1. The van der Waals surface area contributed by atoms with Crippen molar-refractivity contribution in [1.82, 2.24) is 0 Å². The maximum Gasteiger partial charge on any atom is 0.270 e. The van der Waals surface area contributed by atoms with Crippen LogP contribution in [0.1, 0.15) is 16.1 Å². The Balaban J connectivity index is 2.08. The molecule has 3 rings (SSSR count). The number of ether oxygens (including phenoxy) is 1. The summed E-state index contributed by atoms with van der Waals surface area (Å²) in [5, 5.41) is 11.2. The van der Waals surface area contributed by atoms with Gasteiger partial charge in [-0.2, -0.15) is 0 Å². The third-order valence-corrected chi connectivity index (χ3v) is 3.34. The van der Waals surface area contributed by atoms with Crippen LogP contribution in [-0.2, 0) is 0 Å². The van der Waals surface area contributed by atoms with Crippen molar-refractivity contribution in [1.29, 1.82) is 0 Å². The highest BCUT2D eigenvalue weighted by Gasteiger charge is 2.20. The molecular weight excluding hydrogens is 305 g/mol. The molecule has 3 aromatic rings. The zero-order chi connectivity index (χ0) is 16.6. The first-order valence-corrected chi connectivity index (χ1v) is 6.56. The third-order valence-electron chi connectivity index (χ3n) is 3.34. The van der Waals surface area contributed by atoms with Crippen LogP contribution in [0, 0.1) is 15.9 Å². The van der Waals surface area contributed by atoms with Gasteiger partial charge in [-0.3, -0.25) is 14.9 Å². The van der Waals surface area contributed by atoms with Crippen LogP contribution in [0.25, 0.3) is 11.0 Å². The van der Waals surface area contributed by atoms with Crippen molar-refractivity contribution >= 4 is 22.4 Å². The first kappa shape index (κ1) is 14.7. The van der Waals surface area contributed by atoms with Crippen molar-refractivity contribution in [3.05, 3.63) is 69.7 Å². The first-order valence-electron chi connectivity index (χ1n) is 6.56. The Bertz CT molecular complexity index is 931. The van der Waals surface area contributed by atoms with Gasteiger partial charge in [-0.15, -0.1) is 0 Å². The highest BCUT2D eigenvalue weighted by molar-refractivity contribution is 6.10. The van der Waals surface area contributed by atoms with Gasteiger partial charge in [-0.25, -0.2) is 4.39 Å². The molecule has 2 aromatic carbocycles. The summed E-state index contributed by atoms with van der Waals surface area (Å²) < 4.78 is 23.8. The highest BCUT2D eigenvalue weighted by atomic mass is 19.1. The largest absolute Gasteiger partial charge is 0.496 e. The van der Waals surface area contributed by atoms with Crippen LogP contribution in [0.5, 0.6) is 5.75 Å². The molecule has 116 valence electrons. The number of nitrogens with zero attached hydrogens (tertiary/aromatic N) is 1. The number of methoxy groups -OCH3 is 1. The van der Waals surface area contributed by atoms with E-state index in [2.05, 4.69) is 0 Å². The summed E-state index contributed by atoms with van der Waals surface area (Å²) in [4.78, 5) is 22.7. The summed E-state index contributed by atoms with van der Waals surface area (Å²) in [6.45, 7) is 0. The molecule has 0 unspecified atom stereocenters. The second kappa shape index (κ2) is 5.53. The second-order valence-electron chi connectivity index (χ2n) is 4.76. The number of benzene rings is 2. The van der Waals surface area contributed by atoms with E-state index in [-0.39, 0.29) is 22.8 Å². The fourth-order valence-electron chi connectivity index (χ4n) is 2.25. The van der Waals surface area contributed by atoms with E-state index in [0.29, 0.717) is 11.0 Å². The maximum atomic E-state index is 13.4. The predicted octanol–water partition coefficient (Wildman–Crippen LogP) is 3.72. The number of halogens is 1. The van der Waals surface area contributed by atoms with Gasteiger partial charge in [0, 0.05) is 17.5 Å². The standard InChI is InChI=1S/C16H10FNO5/c1-22-14-4-2-10(17)8-12(14)16(19)15-7-9-6-11(18(20)21)3-5-13(9)23-15/h2-8H,1H3. The number of carbonyl (C=O) groups is 1. The first-order chi connectivity index (χ1) is 11.0. The van der Waals surface area contributed by atoms with Crippen LogP contribution in [0.4, 0.5) is 10.1 Å². The lowest BCUT2D eigenvalue weighted by molar-refractivity contribution is -0.384. The van der Waals surface area contributed by atoms with Gasteiger partial charge in [0.2, 0.25) is 5.78 Å². The van der Waals surface area contributed by atoms with Crippen molar-refractivity contribution in [2.24, 2.45) is 0 Å². The van der Waals surface area contributed by atoms with E-state index in [1.807, 2.05) is 0 Å². The van der Waals surface area contributed by atoms with Crippen molar-refractivity contribution in [3.8, 4) is 5.75 Å². The van der Waals surface area contributed by atoms with E-state index >= 15 is 0 Å². The third kappa shape index (κ3) is 2.64. The van der Waals surface area contributed by atoms with Crippen LogP contribution in [0.3, 0.4) is 0 Å². The smallest absolute Gasteiger partial charge is 0.270 e. The van der Waals surface area contributed by atoms with Crippen LogP contribution in [0.15, 0.2) is 46.9 Å². The fourth-order valence-corrected chi connectivity index (χ4v) is 2.25. The number of non-ortho nitro benzene ring substituents is 1. The summed E-state index contributed by atoms with van der Waals surface area (Å²) in [5.74, 6) is -0.992. The number of furan rings is 1. The van der Waals surface area contributed by atoms with Crippen LogP contribution < -0.4 is 4.74 Å². The quantitative estimate of drug-likeness (QED) is 0.416. The Morgan fingerprint density at radius 2 is 2.00 bits per heavy atom. The molecule has 0 saturated heterocycles. The van der Waals surface area contributed by atoms with E-state index in [1.165, 1.54) is 43.5 Å². The molecule has 0 N–H and O–H groups in total. The second-order valence-corrected chi connectivity index (χ2v) is 4.76. The van der Waals surface area contributed by atoms with Crippen LogP contribution in [0.2, 0.25) is 0 Å². The van der Waals surface area contributed by atoms with E-state index in [9.17, 15) is 19.3 Å². The number of fused-ring (bicyclic) bond motifs is 1.